The first-order valence-electron chi connectivity index (χ1n) is 5.56. The van der Waals surface area contributed by atoms with Crippen molar-refractivity contribution in [2.45, 2.75) is 12.6 Å². The second kappa shape index (κ2) is 7.34. The molecule has 104 valence electrons. The van der Waals surface area contributed by atoms with Gasteiger partial charge in [0.1, 0.15) is 0 Å². The third-order valence-corrected chi connectivity index (χ3v) is 2.35. The number of nitrogens with one attached hydrogen (secondary N) is 2. The van der Waals surface area contributed by atoms with E-state index in [1.807, 2.05) is 0 Å². The standard InChI is InChI=1S/C12H16N2O5/c1-19-7-8-4-2-3-5-9(8)13-12(18)14-10(6-15)11(16)17/h2-5,10,15H,6-7H2,1H3,(H,16,17)(H2,13,14,18)/t10-/m0/s1. The highest BCUT2D eigenvalue weighted by Crippen LogP contribution is 2.15. The summed E-state index contributed by atoms with van der Waals surface area (Å²) in [7, 11) is 1.53. The SMILES string of the molecule is COCc1ccccc1NC(=O)N[C@@H](CO)C(=O)O. The normalized spacial score (nSPS) is 11.7. The molecule has 0 aromatic heterocycles. The summed E-state index contributed by atoms with van der Waals surface area (Å²) in [5, 5.41) is 22.2. The van der Waals surface area contributed by atoms with E-state index in [1.54, 1.807) is 24.3 Å². The number of amides is 2. The van der Waals surface area contributed by atoms with Crippen LogP contribution in [0.5, 0.6) is 0 Å². The molecule has 0 radical (unpaired) electrons. The first kappa shape index (κ1) is 14.9. The number of carboxylic acid groups (broad SMARTS) is 1. The van der Waals surface area contributed by atoms with Crippen LogP contribution in [0.15, 0.2) is 24.3 Å². The summed E-state index contributed by atoms with van der Waals surface area (Å²) in [4.78, 5) is 22.3. The number of aliphatic carboxylic acids is 1. The molecular weight excluding hydrogens is 252 g/mol. The van der Waals surface area contributed by atoms with Crippen LogP contribution in [0.3, 0.4) is 0 Å². The van der Waals surface area contributed by atoms with E-state index in [0.29, 0.717) is 12.3 Å². The number of carbonyl (C=O) groups excluding carboxylic acids is 1. The average Bonchev–Trinajstić information content (AvgIpc) is 2.38. The zero-order valence-corrected chi connectivity index (χ0v) is 10.4. The summed E-state index contributed by atoms with van der Waals surface area (Å²) >= 11 is 0. The Labute approximate surface area is 110 Å². The van der Waals surface area contributed by atoms with Crippen molar-refractivity contribution in [2.75, 3.05) is 19.0 Å². The Morgan fingerprint density at radius 2 is 2.05 bits per heavy atom. The summed E-state index contributed by atoms with van der Waals surface area (Å²) in [6.07, 6.45) is 0. The molecule has 1 atom stereocenters. The molecule has 0 bridgehead atoms. The van der Waals surface area contributed by atoms with Crippen molar-refractivity contribution in [1.29, 1.82) is 0 Å². The van der Waals surface area contributed by atoms with Gasteiger partial charge in [-0.3, -0.25) is 0 Å². The Morgan fingerprint density at radius 3 is 2.63 bits per heavy atom. The molecule has 0 unspecified atom stereocenters. The van der Waals surface area contributed by atoms with Gasteiger partial charge in [-0.1, -0.05) is 18.2 Å². The van der Waals surface area contributed by atoms with E-state index in [1.165, 1.54) is 7.11 Å². The molecule has 0 aliphatic heterocycles. The number of methoxy groups -OCH3 is 1. The number of aliphatic hydroxyl groups is 1. The minimum atomic E-state index is -1.34. The average molecular weight is 268 g/mol. The van der Waals surface area contributed by atoms with E-state index in [2.05, 4.69) is 10.6 Å². The van der Waals surface area contributed by atoms with Crippen LogP contribution in [0.1, 0.15) is 5.56 Å². The number of carboxylic acids is 1. The second-order valence-corrected chi connectivity index (χ2v) is 3.76. The number of anilines is 1. The van der Waals surface area contributed by atoms with E-state index in [9.17, 15) is 9.59 Å². The molecule has 1 aromatic carbocycles. The second-order valence-electron chi connectivity index (χ2n) is 3.76. The van der Waals surface area contributed by atoms with Crippen molar-refractivity contribution in [2.24, 2.45) is 0 Å². The minimum absolute atomic E-state index is 0.318. The predicted molar refractivity (Wildman–Crippen MR) is 67.8 cm³/mol. The van der Waals surface area contributed by atoms with Crippen LogP contribution >= 0.6 is 0 Å². The van der Waals surface area contributed by atoms with Crippen molar-refractivity contribution < 1.29 is 24.5 Å². The fourth-order valence-corrected chi connectivity index (χ4v) is 1.43. The lowest BCUT2D eigenvalue weighted by Gasteiger charge is -2.14. The van der Waals surface area contributed by atoms with E-state index < -0.39 is 24.6 Å². The molecule has 0 heterocycles. The van der Waals surface area contributed by atoms with Gasteiger partial charge in [0.15, 0.2) is 6.04 Å². The number of hydrogen-bond acceptors (Lipinski definition) is 4. The van der Waals surface area contributed by atoms with Crippen LogP contribution in [0.4, 0.5) is 10.5 Å². The van der Waals surface area contributed by atoms with Gasteiger partial charge in [0, 0.05) is 18.4 Å². The van der Waals surface area contributed by atoms with Crippen molar-refractivity contribution in [3.63, 3.8) is 0 Å². The highest BCUT2D eigenvalue weighted by Gasteiger charge is 2.18. The molecule has 0 saturated carbocycles. The van der Waals surface area contributed by atoms with Crippen molar-refractivity contribution in [3.05, 3.63) is 29.8 Å². The number of urea groups is 1. The van der Waals surface area contributed by atoms with Crippen LogP contribution in [0.2, 0.25) is 0 Å². The van der Waals surface area contributed by atoms with Gasteiger partial charge >= 0.3 is 12.0 Å². The molecule has 2 amide bonds. The molecule has 0 spiro atoms. The monoisotopic (exact) mass is 268 g/mol. The van der Waals surface area contributed by atoms with Crippen LogP contribution in [-0.2, 0) is 16.1 Å². The smallest absolute Gasteiger partial charge is 0.328 e. The number of aliphatic hydroxyl groups excluding tert-OH is 1. The van der Waals surface area contributed by atoms with Gasteiger partial charge in [-0.2, -0.15) is 0 Å². The summed E-state index contributed by atoms with van der Waals surface area (Å²) < 4.78 is 4.98. The largest absolute Gasteiger partial charge is 0.480 e. The molecular formula is C12H16N2O5. The Morgan fingerprint density at radius 1 is 1.37 bits per heavy atom. The first-order chi connectivity index (χ1) is 9.08. The van der Waals surface area contributed by atoms with E-state index in [-0.39, 0.29) is 0 Å². The lowest BCUT2D eigenvalue weighted by molar-refractivity contribution is -0.140. The van der Waals surface area contributed by atoms with Gasteiger partial charge in [-0.15, -0.1) is 0 Å². The number of carbonyl (C=O) groups is 2. The Kier molecular flexibility index (Phi) is 5.77. The molecule has 7 heteroatoms. The summed E-state index contributed by atoms with van der Waals surface area (Å²) in [5.41, 5.74) is 1.28. The van der Waals surface area contributed by atoms with Crippen LogP contribution in [0.25, 0.3) is 0 Å². The lowest BCUT2D eigenvalue weighted by Crippen LogP contribution is -2.45. The molecule has 4 N–H and O–H groups in total. The molecule has 1 rings (SSSR count). The topological polar surface area (TPSA) is 108 Å². The zero-order chi connectivity index (χ0) is 14.3. The van der Waals surface area contributed by atoms with Gasteiger partial charge < -0.3 is 25.6 Å². The predicted octanol–water partition coefficient (Wildman–Crippen LogP) is 0.400. The van der Waals surface area contributed by atoms with Crippen LogP contribution in [-0.4, -0.2) is 42.0 Å². The Hall–Kier alpha value is -2.12. The minimum Gasteiger partial charge on any atom is -0.480 e. The van der Waals surface area contributed by atoms with Gasteiger partial charge in [0.05, 0.1) is 13.2 Å². The first-order valence-corrected chi connectivity index (χ1v) is 5.56. The molecule has 0 fully saturated rings. The van der Waals surface area contributed by atoms with E-state index >= 15 is 0 Å². The van der Waals surface area contributed by atoms with Crippen LogP contribution < -0.4 is 10.6 Å². The Bertz CT molecular complexity index is 450. The summed E-state index contributed by atoms with van der Waals surface area (Å²) in [6.45, 7) is -0.360. The number of benzene rings is 1. The molecule has 19 heavy (non-hydrogen) atoms. The summed E-state index contributed by atoms with van der Waals surface area (Å²) in [6, 6.07) is 4.93. The maximum Gasteiger partial charge on any atom is 0.328 e. The number of rotatable bonds is 6. The quantitative estimate of drug-likeness (QED) is 0.597. The molecule has 1 aromatic rings. The molecule has 7 nitrogen and oxygen atoms in total. The number of hydrogen-bond donors (Lipinski definition) is 4. The summed E-state index contributed by atoms with van der Waals surface area (Å²) in [5.74, 6) is -1.30. The molecule has 0 saturated heterocycles. The van der Waals surface area contributed by atoms with Crippen molar-refractivity contribution in [1.82, 2.24) is 5.32 Å². The highest BCUT2D eigenvalue weighted by atomic mass is 16.5. The zero-order valence-electron chi connectivity index (χ0n) is 10.4. The van der Waals surface area contributed by atoms with E-state index in [4.69, 9.17) is 14.9 Å². The van der Waals surface area contributed by atoms with Gasteiger partial charge in [0.25, 0.3) is 0 Å². The molecule has 0 aliphatic rings. The van der Waals surface area contributed by atoms with E-state index in [0.717, 1.165) is 5.56 Å². The van der Waals surface area contributed by atoms with Crippen LogP contribution in [0, 0.1) is 0 Å². The maximum atomic E-state index is 11.6. The fourth-order valence-electron chi connectivity index (χ4n) is 1.43. The van der Waals surface area contributed by atoms with Gasteiger partial charge in [-0.25, -0.2) is 9.59 Å². The lowest BCUT2D eigenvalue weighted by atomic mass is 10.2. The third kappa shape index (κ3) is 4.57. The third-order valence-electron chi connectivity index (χ3n) is 2.35. The van der Waals surface area contributed by atoms with Crippen molar-refractivity contribution in [3.8, 4) is 0 Å². The van der Waals surface area contributed by atoms with Gasteiger partial charge in [0.2, 0.25) is 0 Å². The fraction of sp³-hybridized carbons (Fsp3) is 0.333. The van der Waals surface area contributed by atoms with Crippen molar-refractivity contribution >= 4 is 17.7 Å². The maximum absolute atomic E-state index is 11.6. The number of para-hydroxylation sites is 1. The van der Waals surface area contributed by atoms with Gasteiger partial charge in [-0.05, 0) is 6.07 Å². The molecule has 0 aliphatic carbocycles. The Balaban J connectivity index is 2.69. The number of ether oxygens (including phenoxy) is 1. The highest BCUT2D eigenvalue weighted by molar-refractivity contribution is 5.92.